The van der Waals surface area contributed by atoms with Crippen LogP contribution in [0.5, 0.6) is 0 Å². The van der Waals surface area contributed by atoms with Crippen LogP contribution >= 0.6 is 11.6 Å². The largest absolute Gasteiger partial charge is 0.377 e. The van der Waals surface area contributed by atoms with Gasteiger partial charge in [0, 0.05) is 6.54 Å². The van der Waals surface area contributed by atoms with E-state index in [9.17, 15) is 0 Å². The van der Waals surface area contributed by atoms with Gasteiger partial charge in [-0.25, -0.2) is 0 Å². The zero-order chi connectivity index (χ0) is 13.2. The Bertz CT molecular complexity index is 420. The molecule has 0 atom stereocenters. The van der Waals surface area contributed by atoms with Gasteiger partial charge in [0.15, 0.2) is 0 Å². The molecule has 0 amide bonds. The average molecular weight is 269 g/mol. The molecule has 1 aromatic rings. The van der Waals surface area contributed by atoms with E-state index < -0.39 is 0 Å². The molecule has 1 aliphatic rings. The average Bonchev–Trinajstić information content (AvgIpc) is 2.31. The Labute approximate surface area is 114 Å². The van der Waals surface area contributed by atoms with Crippen molar-refractivity contribution in [1.29, 1.82) is 0 Å². The Morgan fingerprint density at radius 3 is 2.89 bits per heavy atom. The van der Waals surface area contributed by atoms with Crippen LogP contribution in [0.3, 0.4) is 0 Å². The number of nitrogens with two attached hydrogens (primary N) is 1. The lowest BCUT2D eigenvalue weighted by Gasteiger charge is -2.45. The minimum atomic E-state index is -0.0351. The molecule has 0 spiro atoms. The van der Waals surface area contributed by atoms with E-state index in [2.05, 4.69) is 24.8 Å². The molecule has 0 bridgehead atoms. The Kier molecular flexibility index (Phi) is 4.15. The van der Waals surface area contributed by atoms with Crippen molar-refractivity contribution >= 4 is 17.3 Å². The quantitative estimate of drug-likeness (QED) is 0.915. The van der Waals surface area contributed by atoms with Crippen molar-refractivity contribution in [2.24, 2.45) is 5.73 Å². The standard InChI is InChI=1S/C14H21ClN2O/c1-14(2)10-18-9-8-17(14)13-11(6-7-16)4-3-5-12(13)15/h3-5H,6-10,16H2,1-2H3. The fraction of sp³-hybridized carbons (Fsp3) is 0.571. The third-order valence-electron chi connectivity index (χ3n) is 3.40. The van der Waals surface area contributed by atoms with Crippen molar-refractivity contribution in [2.75, 3.05) is 31.2 Å². The van der Waals surface area contributed by atoms with Crippen LogP contribution in [0.1, 0.15) is 19.4 Å². The molecule has 2 rings (SSSR count). The van der Waals surface area contributed by atoms with Gasteiger partial charge in [0.1, 0.15) is 0 Å². The minimum absolute atomic E-state index is 0.0351. The number of hydrogen-bond acceptors (Lipinski definition) is 3. The van der Waals surface area contributed by atoms with Crippen LogP contribution in [-0.2, 0) is 11.2 Å². The van der Waals surface area contributed by atoms with E-state index in [0.29, 0.717) is 6.54 Å². The van der Waals surface area contributed by atoms with E-state index in [1.54, 1.807) is 0 Å². The van der Waals surface area contributed by atoms with E-state index in [-0.39, 0.29) is 5.54 Å². The third-order valence-corrected chi connectivity index (χ3v) is 3.70. The third kappa shape index (κ3) is 2.63. The summed E-state index contributed by atoms with van der Waals surface area (Å²) in [5, 5.41) is 0.802. The summed E-state index contributed by atoms with van der Waals surface area (Å²) < 4.78 is 5.57. The first-order chi connectivity index (χ1) is 8.56. The van der Waals surface area contributed by atoms with Crippen LogP contribution in [0, 0.1) is 0 Å². The number of ether oxygens (including phenoxy) is 1. The Morgan fingerprint density at radius 1 is 1.44 bits per heavy atom. The molecule has 0 radical (unpaired) electrons. The Morgan fingerprint density at radius 2 is 2.22 bits per heavy atom. The first-order valence-corrected chi connectivity index (χ1v) is 6.77. The highest BCUT2D eigenvalue weighted by molar-refractivity contribution is 6.33. The smallest absolute Gasteiger partial charge is 0.0694 e. The lowest BCUT2D eigenvalue weighted by molar-refractivity contribution is 0.0643. The zero-order valence-corrected chi connectivity index (χ0v) is 11.8. The molecule has 2 N–H and O–H groups in total. The summed E-state index contributed by atoms with van der Waals surface area (Å²) in [4.78, 5) is 2.35. The number of benzene rings is 1. The maximum absolute atomic E-state index is 6.40. The van der Waals surface area contributed by atoms with Crippen molar-refractivity contribution in [1.82, 2.24) is 0 Å². The molecule has 1 aliphatic heterocycles. The van der Waals surface area contributed by atoms with Gasteiger partial charge in [-0.05, 0) is 38.4 Å². The summed E-state index contributed by atoms with van der Waals surface area (Å²) in [6.45, 7) is 7.34. The maximum Gasteiger partial charge on any atom is 0.0694 e. The zero-order valence-electron chi connectivity index (χ0n) is 11.1. The van der Waals surface area contributed by atoms with E-state index in [0.717, 1.165) is 36.9 Å². The molecule has 0 aliphatic carbocycles. The van der Waals surface area contributed by atoms with Crippen molar-refractivity contribution in [3.63, 3.8) is 0 Å². The topological polar surface area (TPSA) is 38.5 Å². The van der Waals surface area contributed by atoms with Gasteiger partial charge in [-0.3, -0.25) is 0 Å². The van der Waals surface area contributed by atoms with Crippen LogP contribution in [0.15, 0.2) is 18.2 Å². The van der Waals surface area contributed by atoms with E-state index in [1.807, 2.05) is 12.1 Å². The summed E-state index contributed by atoms with van der Waals surface area (Å²) in [5.74, 6) is 0. The van der Waals surface area contributed by atoms with Crippen LogP contribution < -0.4 is 10.6 Å². The number of anilines is 1. The van der Waals surface area contributed by atoms with Crippen LogP contribution in [0.2, 0.25) is 5.02 Å². The lowest BCUT2D eigenvalue weighted by Crippen LogP contribution is -2.53. The van der Waals surface area contributed by atoms with Gasteiger partial charge >= 0.3 is 0 Å². The molecule has 1 saturated heterocycles. The van der Waals surface area contributed by atoms with E-state index >= 15 is 0 Å². The number of halogens is 1. The van der Waals surface area contributed by atoms with E-state index in [4.69, 9.17) is 22.1 Å². The van der Waals surface area contributed by atoms with Crippen LogP contribution in [-0.4, -0.2) is 31.8 Å². The normalized spacial score (nSPS) is 19.0. The second-order valence-electron chi connectivity index (χ2n) is 5.30. The highest BCUT2D eigenvalue weighted by Crippen LogP contribution is 2.36. The molecule has 4 heteroatoms. The second-order valence-corrected chi connectivity index (χ2v) is 5.71. The fourth-order valence-corrected chi connectivity index (χ4v) is 2.79. The summed E-state index contributed by atoms with van der Waals surface area (Å²) in [5.41, 5.74) is 8.00. The van der Waals surface area contributed by atoms with Gasteiger partial charge in [-0.2, -0.15) is 0 Å². The minimum Gasteiger partial charge on any atom is -0.377 e. The van der Waals surface area contributed by atoms with Gasteiger partial charge < -0.3 is 15.4 Å². The van der Waals surface area contributed by atoms with Crippen molar-refractivity contribution in [3.8, 4) is 0 Å². The monoisotopic (exact) mass is 268 g/mol. The Hall–Kier alpha value is -0.770. The van der Waals surface area contributed by atoms with Crippen LogP contribution in [0.4, 0.5) is 5.69 Å². The van der Waals surface area contributed by atoms with Crippen molar-refractivity contribution in [2.45, 2.75) is 25.8 Å². The van der Waals surface area contributed by atoms with Crippen LogP contribution in [0.25, 0.3) is 0 Å². The first kappa shape index (κ1) is 13.7. The second kappa shape index (κ2) is 5.47. The number of para-hydroxylation sites is 1. The summed E-state index contributed by atoms with van der Waals surface area (Å²) in [6, 6.07) is 6.05. The highest BCUT2D eigenvalue weighted by atomic mass is 35.5. The first-order valence-electron chi connectivity index (χ1n) is 6.39. The molecule has 18 heavy (non-hydrogen) atoms. The summed E-state index contributed by atoms with van der Waals surface area (Å²) >= 11 is 6.40. The van der Waals surface area contributed by atoms with Gasteiger partial charge in [0.25, 0.3) is 0 Å². The number of hydrogen-bond donors (Lipinski definition) is 1. The van der Waals surface area contributed by atoms with E-state index in [1.165, 1.54) is 5.56 Å². The molecule has 1 aromatic carbocycles. The molecule has 0 aromatic heterocycles. The maximum atomic E-state index is 6.40. The van der Waals surface area contributed by atoms with Gasteiger partial charge in [-0.1, -0.05) is 23.7 Å². The van der Waals surface area contributed by atoms with Crippen molar-refractivity contribution < 1.29 is 4.74 Å². The molecule has 0 unspecified atom stereocenters. The van der Waals surface area contributed by atoms with Crippen molar-refractivity contribution in [3.05, 3.63) is 28.8 Å². The van der Waals surface area contributed by atoms with Gasteiger partial charge in [0.2, 0.25) is 0 Å². The molecular weight excluding hydrogens is 248 g/mol. The summed E-state index contributed by atoms with van der Waals surface area (Å²) in [7, 11) is 0. The number of rotatable bonds is 3. The number of morpholine rings is 1. The molecule has 1 fully saturated rings. The molecule has 1 heterocycles. The molecule has 100 valence electrons. The fourth-order valence-electron chi connectivity index (χ4n) is 2.49. The van der Waals surface area contributed by atoms with Gasteiger partial charge in [0.05, 0.1) is 29.5 Å². The SMILES string of the molecule is CC1(C)COCCN1c1c(Cl)cccc1CCN. The number of nitrogens with zero attached hydrogens (tertiary/aromatic N) is 1. The molecule has 0 saturated carbocycles. The predicted molar refractivity (Wildman–Crippen MR) is 76.5 cm³/mol. The summed E-state index contributed by atoms with van der Waals surface area (Å²) in [6.07, 6.45) is 0.851. The molecular formula is C14H21ClN2O. The predicted octanol–water partition coefficient (Wildman–Crippen LogP) is 2.46. The van der Waals surface area contributed by atoms with Gasteiger partial charge in [-0.15, -0.1) is 0 Å². The highest BCUT2D eigenvalue weighted by Gasteiger charge is 2.32. The Balaban J connectivity index is 2.42. The molecule has 3 nitrogen and oxygen atoms in total. The lowest BCUT2D eigenvalue weighted by atomic mass is 9.98.